The lowest BCUT2D eigenvalue weighted by Gasteiger charge is -2.40. The van der Waals surface area contributed by atoms with Gasteiger partial charge in [-0.3, -0.25) is 9.69 Å². The lowest BCUT2D eigenvalue weighted by Crippen LogP contribution is -2.50. The normalized spacial score (nSPS) is 16.8. The fraction of sp³-hybridized carbons (Fsp3) is 0.375. The van der Waals surface area contributed by atoms with E-state index in [1.807, 2.05) is 4.90 Å². The van der Waals surface area contributed by atoms with Gasteiger partial charge >= 0.3 is 12.4 Å². The number of methoxy groups -OCH3 is 1. The number of H-pyrrole nitrogens is 1. The molecule has 2 saturated heterocycles. The lowest BCUT2D eigenvalue weighted by molar-refractivity contribution is -0.137. The summed E-state index contributed by atoms with van der Waals surface area (Å²) < 4.78 is 92.6. The van der Waals surface area contributed by atoms with Gasteiger partial charge in [0.1, 0.15) is 17.2 Å². The van der Waals surface area contributed by atoms with E-state index in [-0.39, 0.29) is 39.9 Å². The predicted molar refractivity (Wildman–Crippen MR) is 163 cm³/mol. The van der Waals surface area contributed by atoms with Crippen LogP contribution in [-0.4, -0.2) is 78.2 Å². The van der Waals surface area contributed by atoms with E-state index in [0.717, 1.165) is 63.5 Å². The van der Waals surface area contributed by atoms with E-state index in [4.69, 9.17) is 9.47 Å². The monoisotopic (exact) mass is 662 g/mol. The molecule has 3 N–H and O–H groups in total. The molecule has 1 amide bonds. The second-order valence-electron chi connectivity index (χ2n) is 11.4. The molecule has 15 heteroatoms. The molecule has 0 saturated carbocycles. The number of halogens is 6. The van der Waals surface area contributed by atoms with E-state index in [9.17, 15) is 31.1 Å². The summed E-state index contributed by atoms with van der Waals surface area (Å²) in [5.41, 5.74) is -1.56. The van der Waals surface area contributed by atoms with Crippen LogP contribution in [0.1, 0.15) is 34.3 Å². The number of hydrogen-bond donors (Lipinski definition) is 3. The average Bonchev–Trinajstić information content (AvgIpc) is 3.50. The Bertz CT molecular complexity index is 1740. The fourth-order valence-electron chi connectivity index (χ4n) is 6.07. The number of piperidine rings is 1. The van der Waals surface area contributed by atoms with Crippen molar-refractivity contribution in [2.24, 2.45) is 0 Å². The number of aromatic nitrogens is 2. The van der Waals surface area contributed by atoms with Crippen LogP contribution in [0.2, 0.25) is 0 Å². The lowest BCUT2D eigenvalue weighted by atomic mass is 10.0. The second kappa shape index (κ2) is 13.0. The highest BCUT2D eigenvalue weighted by atomic mass is 19.4. The Kier molecular flexibility index (Phi) is 8.94. The van der Waals surface area contributed by atoms with Crippen molar-refractivity contribution in [2.75, 3.05) is 57.1 Å². The van der Waals surface area contributed by atoms with Gasteiger partial charge in [0, 0.05) is 55.7 Å². The van der Waals surface area contributed by atoms with Crippen LogP contribution in [0.15, 0.2) is 54.7 Å². The van der Waals surface area contributed by atoms with Gasteiger partial charge in [0.25, 0.3) is 5.91 Å². The third-order valence-corrected chi connectivity index (χ3v) is 8.44. The summed E-state index contributed by atoms with van der Waals surface area (Å²) in [5, 5.41) is 5.38. The number of morpholine rings is 1. The predicted octanol–water partition coefficient (Wildman–Crippen LogP) is 7.03. The Hall–Kier alpha value is -4.50. The number of nitrogens with zero attached hydrogens (tertiary/aromatic N) is 3. The summed E-state index contributed by atoms with van der Waals surface area (Å²) in [5.74, 6) is 0.217. The van der Waals surface area contributed by atoms with Crippen molar-refractivity contribution in [3.63, 3.8) is 0 Å². The molecule has 0 unspecified atom stereocenters. The van der Waals surface area contributed by atoms with Gasteiger partial charge in [-0.25, -0.2) is 4.98 Å². The largest absolute Gasteiger partial charge is 0.495 e. The minimum atomic E-state index is -4.76. The van der Waals surface area contributed by atoms with Crippen LogP contribution < -0.4 is 15.4 Å². The van der Waals surface area contributed by atoms with Crippen LogP contribution in [0, 0.1) is 0 Å². The van der Waals surface area contributed by atoms with E-state index in [0.29, 0.717) is 30.4 Å². The molecule has 2 aromatic heterocycles. The number of benzene rings is 2. The molecule has 6 rings (SSSR count). The number of nitrogens with one attached hydrogen (secondary N) is 3. The molecule has 2 aliphatic rings. The molecule has 2 aromatic carbocycles. The molecule has 4 heterocycles. The van der Waals surface area contributed by atoms with Crippen molar-refractivity contribution in [2.45, 2.75) is 31.2 Å². The van der Waals surface area contributed by atoms with Crippen molar-refractivity contribution in [3.05, 3.63) is 71.4 Å². The van der Waals surface area contributed by atoms with E-state index >= 15 is 0 Å². The first-order valence-electron chi connectivity index (χ1n) is 15.0. The molecule has 250 valence electrons. The first kappa shape index (κ1) is 32.4. The highest BCUT2D eigenvalue weighted by Gasteiger charge is 2.36. The molecule has 9 nitrogen and oxygen atoms in total. The maximum absolute atomic E-state index is 13.9. The maximum Gasteiger partial charge on any atom is 0.418 e. The zero-order valence-electron chi connectivity index (χ0n) is 25.3. The van der Waals surface area contributed by atoms with Crippen molar-refractivity contribution in [1.82, 2.24) is 19.8 Å². The maximum atomic E-state index is 13.9. The van der Waals surface area contributed by atoms with Crippen molar-refractivity contribution in [3.8, 4) is 5.75 Å². The van der Waals surface area contributed by atoms with Crippen LogP contribution >= 0.6 is 0 Å². The Morgan fingerprint density at radius 1 is 0.936 bits per heavy atom. The fourth-order valence-corrected chi connectivity index (χ4v) is 6.07. The number of ether oxygens (including phenoxy) is 2. The van der Waals surface area contributed by atoms with Gasteiger partial charge in [-0.1, -0.05) is 6.07 Å². The summed E-state index contributed by atoms with van der Waals surface area (Å²) in [4.78, 5) is 24.4. The highest BCUT2D eigenvalue weighted by Crippen LogP contribution is 2.41. The van der Waals surface area contributed by atoms with Gasteiger partial charge < -0.3 is 30.0 Å². The van der Waals surface area contributed by atoms with Gasteiger partial charge in [-0.2, -0.15) is 26.3 Å². The van der Waals surface area contributed by atoms with Crippen molar-refractivity contribution in [1.29, 1.82) is 0 Å². The standard InChI is InChI=1S/C32H32F6N6O3/c1-46-26-15-19(30(45)44-9-7-22(8-10-44)43-11-13-47-14-12-43)5-6-24(26)41-27-17-25(28-23(32(36,37)38)18-39-29(28)42-27)40-21-4-2-3-20(16-21)31(33,34)35/h2-6,15-18,22H,7-14H2,1H3,(H3,39,40,41,42). The van der Waals surface area contributed by atoms with E-state index in [1.165, 1.54) is 19.2 Å². The number of fused-ring (bicyclic) bond motifs is 1. The van der Waals surface area contributed by atoms with Crippen molar-refractivity contribution >= 4 is 39.8 Å². The second-order valence-corrected chi connectivity index (χ2v) is 11.4. The number of alkyl halides is 6. The third-order valence-electron chi connectivity index (χ3n) is 8.44. The van der Waals surface area contributed by atoms with Gasteiger partial charge in [0.2, 0.25) is 0 Å². The summed E-state index contributed by atoms with van der Waals surface area (Å²) in [6.45, 7) is 4.45. The molecule has 2 fully saturated rings. The molecule has 0 radical (unpaired) electrons. The van der Waals surface area contributed by atoms with Gasteiger partial charge in [-0.15, -0.1) is 0 Å². The molecule has 2 aliphatic heterocycles. The third kappa shape index (κ3) is 7.10. The quantitative estimate of drug-likeness (QED) is 0.183. The van der Waals surface area contributed by atoms with Gasteiger partial charge in [0.15, 0.2) is 0 Å². The zero-order valence-corrected chi connectivity index (χ0v) is 25.3. The smallest absolute Gasteiger partial charge is 0.418 e. The highest BCUT2D eigenvalue weighted by molar-refractivity contribution is 5.97. The number of hydrogen-bond acceptors (Lipinski definition) is 7. The van der Waals surface area contributed by atoms with Crippen LogP contribution in [0.3, 0.4) is 0 Å². The summed E-state index contributed by atoms with van der Waals surface area (Å²) in [7, 11) is 1.42. The molecule has 0 aliphatic carbocycles. The molecule has 4 aromatic rings. The first-order valence-corrected chi connectivity index (χ1v) is 15.0. The van der Waals surface area contributed by atoms with Gasteiger partial charge in [0.05, 0.1) is 48.2 Å². The number of aromatic amines is 1. The molecular weight excluding hydrogens is 630 g/mol. The Morgan fingerprint density at radius 2 is 1.68 bits per heavy atom. The number of amides is 1. The van der Waals surface area contributed by atoms with Crippen LogP contribution in [0.25, 0.3) is 11.0 Å². The molecule has 47 heavy (non-hydrogen) atoms. The van der Waals surface area contributed by atoms with Crippen molar-refractivity contribution < 1.29 is 40.6 Å². The zero-order chi connectivity index (χ0) is 33.3. The number of rotatable bonds is 7. The molecular formula is C32H32F6N6O3. The Labute approximate surface area is 265 Å². The van der Waals surface area contributed by atoms with E-state index in [2.05, 4.69) is 25.5 Å². The summed E-state index contributed by atoms with van der Waals surface area (Å²) in [6, 6.07) is 10.6. The van der Waals surface area contributed by atoms with Crippen LogP contribution in [0.5, 0.6) is 5.75 Å². The Morgan fingerprint density at radius 3 is 2.36 bits per heavy atom. The minimum absolute atomic E-state index is 0.0676. The molecule has 0 spiro atoms. The number of anilines is 4. The van der Waals surface area contributed by atoms with E-state index < -0.39 is 23.5 Å². The number of carbonyl (C=O) groups excluding carboxylic acids is 1. The minimum Gasteiger partial charge on any atom is -0.495 e. The van der Waals surface area contributed by atoms with E-state index in [1.54, 1.807) is 18.2 Å². The topological polar surface area (TPSA) is 94.8 Å². The van der Waals surface area contributed by atoms with Crippen LogP contribution in [0.4, 0.5) is 49.2 Å². The SMILES string of the molecule is COc1cc(C(=O)N2CCC(N3CCOCC3)CC2)ccc1Nc1cc(Nc2cccc(C(F)(F)F)c2)c2c(C(F)(F)F)c[nH]c2n1. The average molecular weight is 663 g/mol. The number of likely N-dealkylation sites (tertiary alicyclic amines) is 1. The molecule has 0 atom stereocenters. The summed E-state index contributed by atoms with van der Waals surface area (Å²) >= 11 is 0. The summed E-state index contributed by atoms with van der Waals surface area (Å²) in [6.07, 6.45) is -6.93. The molecule has 0 bridgehead atoms. The van der Waals surface area contributed by atoms with Crippen LogP contribution in [-0.2, 0) is 17.1 Å². The number of pyridine rings is 1. The Balaban J connectivity index is 1.24. The first-order chi connectivity index (χ1) is 22.4. The number of carbonyl (C=O) groups is 1. The van der Waals surface area contributed by atoms with Gasteiger partial charge in [-0.05, 0) is 49.2 Å².